The summed E-state index contributed by atoms with van der Waals surface area (Å²) in [5.74, 6) is -0.316. The van der Waals surface area contributed by atoms with Crippen LogP contribution in [-0.4, -0.2) is 48.3 Å². The number of carbonyl (C=O) groups excluding carboxylic acids is 5. The maximum absolute atomic E-state index is 12.4. The Labute approximate surface area is 169 Å². The van der Waals surface area contributed by atoms with Gasteiger partial charge < -0.3 is 5.32 Å². The molecule has 7 heteroatoms. The maximum atomic E-state index is 12.4. The Balaban J connectivity index is 1.41. The van der Waals surface area contributed by atoms with E-state index in [2.05, 4.69) is 5.32 Å². The Bertz CT molecular complexity index is 835. The van der Waals surface area contributed by atoms with Crippen LogP contribution in [0.15, 0.2) is 30.4 Å². The number of hydrogen-bond donors (Lipinski definition) is 1. The van der Waals surface area contributed by atoms with Crippen LogP contribution in [0.2, 0.25) is 0 Å². The van der Waals surface area contributed by atoms with Crippen molar-refractivity contribution in [2.24, 2.45) is 11.8 Å². The van der Waals surface area contributed by atoms with E-state index in [0.717, 1.165) is 31.2 Å². The number of nitrogens with one attached hydrogen (secondary N) is 1. The van der Waals surface area contributed by atoms with Gasteiger partial charge in [-0.1, -0.05) is 12.1 Å². The summed E-state index contributed by atoms with van der Waals surface area (Å²) in [6.45, 7) is 0.884. The van der Waals surface area contributed by atoms with E-state index in [1.807, 2.05) is 0 Å². The topological polar surface area (TPSA) is 101 Å². The number of aldehydes is 2. The average molecular weight is 396 g/mol. The summed E-state index contributed by atoms with van der Waals surface area (Å²) in [7, 11) is 0. The summed E-state index contributed by atoms with van der Waals surface area (Å²) in [4.78, 5) is 58.9. The lowest BCUT2D eigenvalue weighted by Crippen LogP contribution is -2.38. The lowest BCUT2D eigenvalue weighted by Gasteiger charge is -2.30. The number of imide groups is 1. The van der Waals surface area contributed by atoms with Gasteiger partial charge in [0.25, 0.3) is 11.8 Å². The van der Waals surface area contributed by atoms with E-state index >= 15 is 0 Å². The highest BCUT2D eigenvalue weighted by Gasteiger charge is 2.31. The minimum absolute atomic E-state index is 0.0126. The lowest BCUT2D eigenvalue weighted by atomic mass is 9.81. The third kappa shape index (κ3) is 5.04. The molecule has 3 amide bonds. The highest BCUT2D eigenvalue weighted by molar-refractivity contribution is 6.12. The molecule has 1 heterocycles. The molecule has 1 aliphatic heterocycles. The fourth-order valence-electron chi connectivity index (χ4n) is 3.94. The first-order chi connectivity index (χ1) is 14.0. The van der Waals surface area contributed by atoms with Gasteiger partial charge in [-0.3, -0.25) is 28.9 Å². The van der Waals surface area contributed by atoms with Gasteiger partial charge in [0.2, 0.25) is 5.91 Å². The Morgan fingerprint density at radius 2 is 1.66 bits per heavy atom. The first kappa shape index (κ1) is 20.6. The number of amides is 3. The molecule has 0 atom stereocenters. The van der Waals surface area contributed by atoms with E-state index in [-0.39, 0.29) is 29.6 Å². The molecule has 0 radical (unpaired) electrons. The molecule has 0 aromatic heterocycles. The van der Waals surface area contributed by atoms with Crippen molar-refractivity contribution >= 4 is 30.3 Å². The molecule has 3 rings (SSSR count). The zero-order chi connectivity index (χ0) is 20.8. The van der Waals surface area contributed by atoms with E-state index in [1.54, 1.807) is 18.2 Å². The van der Waals surface area contributed by atoms with Crippen LogP contribution in [0, 0.1) is 11.8 Å². The molecule has 1 N–H and O–H groups in total. The molecule has 0 unspecified atom stereocenters. The van der Waals surface area contributed by atoms with Gasteiger partial charge in [-0.15, -0.1) is 0 Å². The molecule has 152 valence electrons. The summed E-state index contributed by atoms with van der Waals surface area (Å²) in [5, 5.41) is 2.94. The van der Waals surface area contributed by atoms with Gasteiger partial charge in [-0.05, 0) is 49.7 Å². The van der Waals surface area contributed by atoms with Crippen molar-refractivity contribution in [3.8, 4) is 0 Å². The fraction of sp³-hybridized carbons (Fsp3) is 0.409. The number of nitrogens with zero attached hydrogens (tertiary/aromatic N) is 1. The third-order valence-electron chi connectivity index (χ3n) is 5.68. The monoisotopic (exact) mass is 396 g/mol. The molecule has 29 heavy (non-hydrogen) atoms. The van der Waals surface area contributed by atoms with Crippen LogP contribution < -0.4 is 5.32 Å². The SMILES string of the molecule is O=Cc1ccc(CCNC(=O)C2CCC(CN3C(=O)C=CC3=O)CC2)cc1C=O. The van der Waals surface area contributed by atoms with Gasteiger partial charge in [0.15, 0.2) is 12.6 Å². The van der Waals surface area contributed by atoms with Crippen molar-refractivity contribution in [3.63, 3.8) is 0 Å². The Hall–Kier alpha value is -3.09. The molecule has 1 aromatic carbocycles. The van der Waals surface area contributed by atoms with Gasteiger partial charge in [-0.25, -0.2) is 0 Å². The molecule has 0 spiro atoms. The van der Waals surface area contributed by atoms with Crippen molar-refractivity contribution < 1.29 is 24.0 Å². The molecule has 1 fully saturated rings. The molecule has 0 bridgehead atoms. The average Bonchev–Trinajstić information content (AvgIpc) is 3.06. The van der Waals surface area contributed by atoms with Crippen LogP contribution in [-0.2, 0) is 20.8 Å². The maximum Gasteiger partial charge on any atom is 0.253 e. The zero-order valence-electron chi connectivity index (χ0n) is 16.1. The van der Waals surface area contributed by atoms with Crippen LogP contribution in [0.4, 0.5) is 0 Å². The van der Waals surface area contributed by atoms with Crippen LogP contribution >= 0.6 is 0 Å². The second kappa shape index (κ2) is 9.41. The van der Waals surface area contributed by atoms with Crippen molar-refractivity contribution in [1.82, 2.24) is 10.2 Å². The summed E-state index contributed by atoms with van der Waals surface area (Å²) in [6.07, 6.45) is 7.58. The largest absolute Gasteiger partial charge is 0.356 e. The number of carbonyl (C=O) groups is 5. The van der Waals surface area contributed by atoms with Crippen molar-refractivity contribution in [3.05, 3.63) is 47.0 Å². The van der Waals surface area contributed by atoms with Gasteiger partial charge in [0.05, 0.1) is 0 Å². The predicted octanol–water partition coefficient (Wildman–Crippen LogP) is 1.70. The standard InChI is InChI=1S/C22H24N2O5/c25-13-18-6-1-15(11-19(18)14-26)9-10-23-22(29)17-4-2-16(3-5-17)12-24-20(27)7-8-21(24)28/h1,6-8,11,13-14,16-17H,2-5,9-10,12H2,(H,23,29). The number of benzene rings is 1. The molecule has 2 aliphatic rings. The normalized spacial score (nSPS) is 21.3. The zero-order valence-corrected chi connectivity index (χ0v) is 16.1. The summed E-state index contributed by atoms with van der Waals surface area (Å²) < 4.78 is 0. The number of hydrogen-bond acceptors (Lipinski definition) is 5. The van der Waals surface area contributed by atoms with Crippen LogP contribution in [0.25, 0.3) is 0 Å². The highest BCUT2D eigenvalue weighted by atomic mass is 16.2. The molecule has 1 aromatic rings. The van der Waals surface area contributed by atoms with Gasteiger partial charge in [0.1, 0.15) is 0 Å². The summed E-state index contributed by atoms with van der Waals surface area (Å²) in [5.41, 5.74) is 1.60. The molecular weight excluding hydrogens is 372 g/mol. The quantitative estimate of drug-likeness (QED) is 0.532. The van der Waals surface area contributed by atoms with Crippen molar-refractivity contribution in [2.75, 3.05) is 13.1 Å². The van der Waals surface area contributed by atoms with Gasteiger partial charge in [-0.2, -0.15) is 0 Å². The minimum atomic E-state index is -0.256. The van der Waals surface area contributed by atoms with E-state index in [9.17, 15) is 24.0 Å². The lowest BCUT2D eigenvalue weighted by molar-refractivity contribution is -0.138. The molecule has 7 nitrogen and oxygen atoms in total. The molecule has 1 saturated carbocycles. The Morgan fingerprint density at radius 3 is 2.28 bits per heavy atom. The van der Waals surface area contributed by atoms with Gasteiger partial charge in [0, 0.05) is 42.3 Å². The van der Waals surface area contributed by atoms with E-state index in [0.29, 0.717) is 43.2 Å². The van der Waals surface area contributed by atoms with E-state index in [4.69, 9.17) is 0 Å². The second-order valence-corrected chi connectivity index (χ2v) is 7.58. The third-order valence-corrected chi connectivity index (χ3v) is 5.68. The summed E-state index contributed by atoms with van der Waals surface area (Å²) in [6, 6.07) is 5.06. The van der Waals surface area contributed by atoms with Crippen LogP contribution in [0.5, 0.6) is 0 Å². The first-order valence-corrected chi connectivity index (χ1v) is 9.86. The van der Waals surface area contributed by atoms with Crippen LogP contribution in [0.3, 0.4) is 0 Å². The Morgan fingerprint density at radius 1 is 1.00 bits per heavy atom. The molecular formula is C22H24N2O5. The van der Waals surface area contributed by atoms with Crippen LogP contribution in [0.1, 0.15) is 52.0 Å². The summed E-state index contributed by atoms with van der Waals surface area (Å²) >= 11 is 0. The van der Waals surface area contributed by atoms with E-state index in [1.165, 1.54) is 17.1 Å². The van der Waals surface area contributed by atoms with E-state index < -0.39 is 0 Å². The molecule has 0 saturated heterocycles. The second-order valence-electron chi connectivity index (χ2n) is 7.58. The first-order valence-electron chi connectivity index (χ1n) is 9.86. The van der Waals surface area contributed by atoms with Crippen molar-refractivity contribution in [1.29, 1.82) is 0 Å². The minimum Gasteiger partial charge on any atom is -0.356 e. The smallest absolute Gasteiger partial charge is 0.253 e. The fourth-order valence-corrected chi connectivity index (χ4v) is 3.94. The Kier molecular flexibility index (Phi) is 6.69. The van der Waals surface area contributed by atoms with Crippen molar-refractivity contribution in [2.45, 2.75) is 32.1 Å². The number of rotatable bonds is 8. The predicted molar refractivity (Wildman–Crippen MR) is 105 cm³/mol. The molecule has 1 aliphatic carbocycles. The highest BCUT2D eigenvalue weighted by Crippen LogP contribution is 2.30. The van der Waals surface area contributed by atoms with Gasteiger partial charge >= 0.3 is 0 Å².